The van der Waals surface area contributed by atoms with Crippen molar-refractivity contribution in [1.29, 1.82) is 0 Å². The summed E-state index contributed by atoms with van der Waals surface area (Å²) in [5.41, 5.74) is 4.69. The molecular formula is C15H13BrN2S. The highest BCUT2D eigenvalue weighted by Crippen LogP contribution is 2.21. The van der Waals surface area contributed by atoms with Crippen LogP contribution in [0.25, 0.3) is 11.0 Å². The third-order valence-electron chi connectivity index (χ3n) is 3.22. The van der Waals surface area contributed by atoms with Crippen LogP contribution in [0.1, 0.15) is 11.1 Å². The minimum Gasteiger partial charge on any atom is -0.331 e. The molecule has 1 aromatic heterocycles. The number of H-pyrrole nitrogens is 1. The second-order valence-corrected chi connectivity index (χ2v) is 5.87. The molecule has 0 atom stereocenters. The van der Waals surface area contributed by atoms with Crippen LogP contribution < -0.4 is 0 Å². The Labute approximate surface area is 125 Å². The molecule has 0 saturated carbocycles. The number of hydrogen-bond acceptors (Lipinski definition) is 1. The van der Waals surface area contributed by atoms with Crippen molar-refractivity contribution >= 4 is 39.2 Å². The summed E-state index contributed by atoms with van der Waals surface area (Å²) < 4.78 is 4.00. The van der Waals surface area contributed by atoms with Crippen LogP contribution in [0, 0.1) is 11.7 Å². The Bertz CT molecular complexity index is 801. The molecule has 0 saturated heterocycles. The number of fused-ring (bicyclic) bond motifs is 1. The molecule has 0 spiro atoms. The first kappa shape index (κ1) is 12.6. The van der Waals surface area contributed by atoms with E-state index < -0.39 is 0 Å². The Morgan fingerprint density at radius 1 is 1.21 bits per heavy atom. The maximum atomic E-state index is 5.43. The van der Waals surface area contributed by atoms with E-state index in [4.69, 9.17) is 12.2 Å². The fourth-order valence-corrected chi connectivity index (χ4v) is 2.91. The summed E-state index contributed by atoms with van der Waals surface area (Å²) in [4.78, 5) is 3.27. The summed E-state index contributed by atoms with van der Waals surface area (Å²) in [7, 11) is 0. The number of aromatic nitrogens is 2. The molecule has 3 rings (SSSR count). The van der Waals surface area contributed by atoms with Crippen LogP contribution in [0.3, 0.4) is 0 Å². The van der Waals surface area contributed by atoms with Gasteiger partial charge in [0.25, 0.3) is 0 Å². The van der Waals surface area contributed by atoms with E-state index >= 15 is 0 Å². The van der Waals surface area contributed by atoms with E-state index in [1.807, 2.05) is 12.1 Å². The number of aryl methyl sites for hydroxylation is 1. The number of nitrogens with zero attached hydrogens (tertiary/aromatic N) is 1. The van der Waals surface area contributed by atoms with Crippen LogP contribution in [0.2, 0.25) is 0 Å². The molecule has 96 valence electrons. The number of nitrogens with one attached hydrogen (secondary N) is 1. The zero-order valence-electron chi connectivity index (χ0n) is 10.5. The Kier molecular flexibility index (Phi) is 3.29. The first-order chi connectivity index (χ1) is 9.15. The number of halogens is 1. The fraction of sp³-hybridized carbons (Fsp3) is 0.133. The number of aromatic amines is 1. The molecule has 4 heteroatoms. The van der Waals surface area contributed by atoms with Gasteiger partial charge in [-0.2, -0.15) is 0 Å². The summed E-state index contributed by atoms with van der Waals surface area (Å²) in [6.07, 6.45) is 0. The quantitative estimate of drug-likeness (QED) is 0.667. The molecule has 0 bridgehead atoms. The smallest absolute Gasteiger partial charge is 0.178 e. The van der Waals surface area contributed by atoms with Gasteiger partial charge in [0, 0.05) is 4.47 Å². The van der Waals surface area contributed by atoms with E-state index in [0.717, 1.165) is 26.8 Å². The molecule has 0 radical (unpaired) electrons. The summed E-state index contributed by atoms with van der Waals surface area (Å²) in [6.45, 7) is 2.85. The second kappa shape index (κ2) is 4.94. The van der Waals surface area contributed by atoms with E-state index in [-0.39, 0.29) is 0 Å². The maximum absolute atomic E-state index is 5.43. The van der Waals surface area contributed by atoms with Gasteiger partial charge >= 0.3 is 0 Å². The average Bonchev–Trinajstić information content (AvgIpc) is 2.68. The van der Waals surface area contributed by atoms with Crippen molar-refractivity contribution in [2.75, 3.05) is 0 Å². The lowest BCUT2D eigenvalue weighted by molar-refractivity contribution is 0.807. The molecular weight excluding hydrogens is 320 g/mol. The zero-order valence-corrected chi connectivity index (χ0v) is 12.9. The van der Waals surface area contributed by atoms with Crippen LogP contribution in [0.5, 0.6) is 0 Å². The summed E-state index contributed by atoms with van der Waals surface area (Å²) in [5.74, 6) is 0. The van der Waals surface area contributed by atoms with Crippen LogP contribution >= 0.6 is 28.1 Å². The van der Waals surface area contributed by atoms with Crippen molar-refractivity contribution < 1.29 is 0 Å². The van der Waals surface area contributed by atoms with Gasteiger partial charge in [-0.3, -0.25) is 0 Å². The number of hydrogen-bond donors (Lipinski definition) is 1. The Morgan fingerprint density at radius 3 is 2.79 bits per heavy atom. The monoisotopic (exact) mass is 332 g/mol. The van der Waals surface area contributed by atoms with Gasteiger partial charge in [-0.1, -0.05) is 40.2 Å². The molecule has 1 heterocycles. The topological polar surface area (TPSA) is 20.7 Å². The standard InChI is InChI=1S/C15H13BrN2S/c1-10-6-7-14-13(8-10)17-15(19)18(14)9-11-4-2-3-5-12(11)16/h2-8H,9H2,1H3,(H,17,19). The van der Waals surface area contributed by atoms with E-state index in [2.05, 4.69) is 62.7 Å². The van der Waals surface area contributed by atoms with Gasteiger partial charge in [-0.05, 0) is 48.5 Å². The van der Waals surface area contributed by atoms with Gasteiger partial charge in [-0.15, -0.1) is 0 Å². The van der Waals surface area contributed by atoms with Crippen molar-refractivity contribution in [3.63, 3.8) is 0 Å². The number of imidazole rings is 1. The molecule has 2 aromatic carbocycles. The van der Waals surface area contributed by atoms with Crippen molar-refractivity contribution in [2.45, 2.75) is 13.5 Å². The molecule has 2 nitrogen and oxygen atoms in total. The highest BCUT2D eigenvalue weighted by molar-refractivity contribution is 9.10. The van der Waals surface area contributed by atoms with Crippen molar-refractivity contribution in [2.24, 2.45) is 0 Å². The molecule has 0 aliphatic heterocycles. The summed E-state index contributed by atoms with van der Waals surface area (Å²) >= 11 is 9.02. The fourth-order valence-electron chi connectivity index (χ4n) is 2.23. The Hall–Kier alpha value is -1.39. The van der Waals surface area contributed by atoms with Gasteiger partial charge in [0.15, 0.2) is 4.77 Å². The highest BCUT2D eigenvalue weighted by atomic mass is 79.9. The molecule has 3 aromatic rings. The van der Waals surface area contributed by atoms with E-state index in [1.54, 1.807) is 0 Å². The Balaban J connectivity index is 2.13. The largest absolute Gasteiger partial charge is 0.331 e. The molecule has 0 aliphatic rings. The van der Waals surface area contributed by atoms with Crippen LogP contribution in [0.4, 0.5) is 0 Å². The van der Waals surface area contributed by atoms with Gasteiger partial charge in [-0.25, -0.2) is 0 Å². The predicted octanol–water partition coefficient (Wildman–Crippen LogP) is 4.82. The van der Waals surface area contributed by atoms with Crippen molar-refractivity contribution in [3.8, 4) is 0 Å². The molecule has 0 aliphatic carbocycles. The molecule has 0 amide bonds. The van der Waals surface area contributed by atoms with Crippen molar-refractivity contribution in [1.82, 2.24) is 9.55 Å². The summed E-state index contributed by atoms with van der Waals surface area (Å²) in [5, 5.41) is 0. The normalized spacial score (nSPS) is 11.1. The third-order valence-corrected chi connectivity index (χ3v) is 4.31. The molecule has 0 fully saturated rings. The van der Waals surface area contributed by atoms with E-state index in [0.29, 0.717) is 0 Å². The molecule has 0 unspecified atom stereocenters. The zero-order chi connectivity index (χ0) is 13.4. The number of rotatable bonds is 2. The van der Waals surface area contributed by atoms with Crippen LogP contribution in [0.15, 0.2) is 46.9 Å². The number of benzene rings is 2. The first-order valence-corrected chi connectivity index (χ1v) is 7.28. The lowest BCUT2D eigenvalue weighted by Gasteiger charge is -2.07. The highest BCUT2D eigenvalue weighted by Gasteiger charge is 2.06. The lowest BCUT2D eigenvalue weighted by atomic mass is 10.2. The van der Waals surface area contributed by atoms with Crippen LogP contribution in [-0.2, 0) is 6.54 Å². The van der Waals surface area contributed by atoms with Gasteiger partial charge < -0.3 is 9.55 Å². The molecule has 1 N–H and O–H groups in total. The lowest BCUT2D eigenvalue weighted by Crippen LogP contribution is -2.00. The van der Waals surface area contributed by atoms with Crippen molar-refractivity contribution in [3.05, 3.63) is 62.8 Å². The predicted molar refractivity (Wildman–Crippen MR) is 85.1 cm³/mol. The average molecular weight is 333 g/mol. The molecule has 19 heavy (non-hydrogen) atoms. The minimum absolute atomic E-state index is 0.761. The van der Waals surface area contributed by atoms with Gasteiger partial charge in [0.05, 0.1) is 17.6 Å². The SMILES string of the molecule is Cc1ccc2c(c1)[nH]c(=S)n2Cc1ccccc1Br. The third kappa shape index (κ3) is 2.38. The second-order valence-electron chi connectivity index (χ2n) is 4.63. The maximum Gasteiger partial charge on any atom is 0.178 e. The van der Waals surface area contributed by atoms with Crippen LogP contribution in [-0.4, -0.2) is 9.55 Å². The first-order valence-electron chi connectivity index (χ1n) is 6.08. The van der Waals surface area contributed by atoms with Gasteiger partial charge in [0.1, 0.15) is 0 Å². The van der Waals surface area contributed by atoms with E-state index in [1.165, 1.54) is 11.1 Å². The summed E-state index contributed by atoms with van der Waals surface area (Å²) in [6, 6.07) is 14.6. The van der Waals surface area contributed by atoms with E-state index in [9.17, 15) is 0 Å². The Morgan fingerprint density at radius 2 is 2.00 bits per heavy atom. The van der Waals surface area contributed by atoms with Gasteiger partial charge in [0.2, 0.25) is 0 Å². The minimum atomic E-state index is 0.761.